The van der Waals surface area contributed by atoms with E-state index in [2.05, 4.69) is 101 Å². The second-order valence-electron chi connectivity index (χ2n) is 9.93. The molecule has 0 unspecified atom stereocenters. The monoisotopic (exact) mass is 511 g/mol. The predicted molar refractivity (Wildman–Crippen MR) is 161 cm³/mol. The number of benzene rings is 5. The van der Waals surface area contributed by atoms with E-state index in [4.69, 9.17) is 4.42 Å². The highest BCUT2D eigenvalue weighted by Crippen LogP contribution is 2.40. The van der Waals surface area contributed by atoms with Gasteiger partial charge in [0.25, 0.3) is 0 Å². The summed E-state index contributed by atoms with van der Waals surface area (Å²) in [6.45, 7) is 0. The van der Waals surface area contributed by atoms with Gasteiger partial charge in [0, 0.05) is 39.0 Å². The van der Waals surface area contributed by atoms with Gasteiger partial charge in [0.1, 0.15) is 11.7 Å². The molecule has 0 aliphatic carbocycles. The lowest BCUT2D eigenvalue weighted by atomic mass is 9.99. The SMILES string of the molecule is N#Cc1cccnc1-c1cccc(-c2cccc(-n3c4ccccc4c4ccc5c6ccccc6oc5c43)c2)c1. The van der Waals surface area contributed by atoms with Crippen molar-refractivity contribution >= 4 is 43.7 Å². The predicted octanol–water partition coefficient (Wildman–Crippen LogP) is 9.28. The zero-order valence-corrected chi connectivity index (χ0v) is 21.4. The summed E-state index contributed by atoms with van der Waals surface area (Å²) in [5.74, 6) is 0. The van der Waals surface area contributed by atoms with Gasteiger partial charge in [0.15, 0.2) is 5.58 Å². The zero-order chi connectivity index (χ0) is 26.6. The average Bonchev–Trinajstić information content (AvgIpc) is 3.57. The van der Waals surface area contributed by atoms with Gasteiger partial charge in [-0.15, -0.1) is 0 Å². The number of aromatic nitrogens is 2. The Kier molecular flexibility index (Phi) is 4.85. The number of hydrogen-bond acceptors (Lipinski definition) is 3. The highest BCUT2D eigenvalue weighted by atomic mass is 16.3. The van der Waals surface area contributed by atoms with E-state index in [1.54, 1.807) is 18.3 Å². The fourth-order valence-electron chi connectivity index (χ4n) is 5.90. The molecule has 0 fully saturated rings. The number of nitriles is 1. The Morgan fingerprint density at radius 2 is 1.38 bits per heavy atom. The molecular weight excluding hydrogens is 490 g/mol. The van der Waals surface area contributed by atoms with Crippen LogP contribution < -0.4 is 0 Å². The molecule has 5 aromatic carbocycles. The summed E-state index contributed by atoms with van der Waals surface area (Å²) in [6.07, 6.45) is 1.73. The van der Waals surface area contributed by atoms with E-state index in [0.29, 0.717) is 11.3 Å². The van der Waals surface area contributed by atoms with Gasteiger partial charge in [-0.05, 0) is 59.7 Å². The van der Waals surface area contributed by atoms with E-state index in [1.807, 2.05) is 24.3 Å². The van der Waals surface area contributed by atoms with Crippen molar-refractivity contribution in [3.8, 4) is 34.1 Å². The Hall–Kier alpha value is -5.66. The molecule has 3 heterocycles. The van der Waals surface area contributed by atoms with Crippen molar-refractivity contribution in [2.75, 3.05) is 0 Å². The Morgan fingerprint density at radius 3 is 2.27 bits per heavy atom. The first-order valence-corrected chi connectivity index (χ1v) is 13.2. The van der Waals surface area contributed by atoms with Crippen LogP contribution in [0.15, 0.2) is 132 Å². The van der Waals surface area contributed by atoms with Crippen LogP contribution in [-0.4, -0.2) is 9.55 Å². The second kappa shape index (κ2) is 8.69. The molecule has 40 heavy (non-hydrogen) atoms. The molecule has 8 rings (SSSR count). The molecule has 0 saturated carbocycles. The molecule has 0 aliphatic heterocycles. The number of para-hydroxylation sites is 2. The summed E-state index contributed by atoms with van der Waals surface area (Å²) < 4.78 is 8.82. The molecule has 8 aromatic rings. The van der Waals surface area contributed by atoms with Crippen molar-refractivity contribution in [1.29, 1.82) is 5.26 Å². The first-order chi connectivity index (χ1) is 19.8. The zero-order valence-electron chi connectivity index (χ0n) is 21.4. The maximum absolute atomic E-state index is 9.60. The maximum atomic E-state index is 9.60. The summed E-state index contributed by atoms with van der Waals surface area (Å²) in [7, 11) is 0. The fourth-order valence-corrected chi connectivity index (χ4v) is 5.90. The first kappa shape index (κ1) is 22.3. The molecule has 0 aliphatic rings. The third kappa shape index (κ3) is 3.28. The van der Waals surface area contributed by atoms with Gasteiger partial charge in [-0.3, -0.25) is 4.98 Å². The molecule has 4 heteroatoms. The lowest BCUT2D eigenvalue weighted by Crippen LogP contribution is -1.95. The van der Waals surface area contributed by atoms with Gasteiger partial charge in [0.05, 0.1) is 22.3 Å². The largest absolute Gasteiger partial charge is 0.454 e. The van der Waals surface area contributed by atoms with Crippen LogP contribution in [0.1, 0.15) is 5.56 Å². The Bertz CT molecular complexity index is 2300. The summed E-state index contributed by atoms with van der Waals surface area (Å²) in [5.41, 5.74) is 9.33. The summed E-state index contributed by atoms with van der Waals surface area (Å²) in [5, 5.41) is 14.2. The van der Waals surface area contributed by atoms with E-state index in [1.165, 1.54) is 5.39 Å². The van der Waals surface area contributed by atoms with Gasteiger partial charge in [-0.1, -0.05) is 72.8 Å². The highest BCUT2D eigenvalue weighted by Gasteiger charge is 2.19. The molecular formula is C36H21N3O. The van der Waals surface area contributed by atoms with E-state index < -0.39 is 0 Å². The molecule has 0 bridgehead atoms. The van der Waals surface area contributed by atoms with Crippen LogP contribution in [0.3, 0.4) is 0 Å². The highest BCUT2D eigenvalue weighted by molar-refractivity contribution is 6.21. The topological polar surface area (TPSA) is 54.8 Å². The molecule has 0 saturated heterocycles. The maximum Gasteiger partial charge on any atom is 0.160 e. The van der Waals surface area contributed by atoms with E-state index in [9.17, 15) is 5.26 Å². The number of nitrogens with zero attached hydrogens (tertiary/aromatic N) is 3. The van der Waals surface area contributed by atoms with Gasteiger partial charge in [-0.25, -0.2) is 0 Å². The lowest BCUT2D eigenvalue weighted by Gasteiger charge is -2.11. The molecule has 186 valence electrons. The van der Waals surface area contributed by atoms with Crippen molar-refractivity contribution in [1.82, 2.24) is 9.55 Å². The Morgan fingerprint density at radius 1 is 0.625 bits per heavy atom. The first-order valence-electron chi connectivity index (χ1n) is 13.2. The van der Waals surface area contributed by atoms with Crippen molar-refractivity contribution in [2.24, 2.45) is 0 Å². The molecule has 4 nitrogen and oxygen atoms in total. The molecule has 0 amide bonds. The molecule has 0 atom stereocenters. The minimum Gasteiger partial charge on any atom is -0.454 e. The summed E-state index contributed by atoms with van der Waals surface area (Å²) >= 11 is 0. The van der Waals surface area contributed by atoms with Crippen LogP contribution in [0.5, 0.6) is 0 Å². The third-order valence-corrected chi connectivity index (χ3v) is 7.68. The minimum absolute atomic E-state index is 0.563. The van der Waals surface area contributed by atoms with E-state index in [-0.39, 0.29) is 0 Å². The van der Waals surface area contributed by atoms with E-state index >= 15 is 0 Å². The van der Waals surface area contributed by atoms with Gasteiger partial charge >= 0.3 is 0 Å². The molecule has 3 aromatic heterocycles. The molecule has 0 N–H and O–H groups in total. The molecule has 0 spiro atoms. The lowest BCUT2D eigenvalue weighted by molar-refractivity contribution is 0.671. The Labute approximate surface area is 230 Å². The van der Waals surface area contributed by atoms with Crippen LogP contribution in [0.4, 0.5) is 0 Å². The smallest absolute Gasteiger partial charge is 0.160 e. The fraction of sp³-hybridized carbons (Fsp3) is 0. The average molecular weight is 512 g/mol. The standard InChI is InChI=1S/C36H21N3O/c37-22-26-11-7-19-38-34(26)25-10-5-8-23(20-25)24-9-6-12-27(21-24)39-32-15-3-1-13-28(32)30-17-18-31-29-14-2-4-16-33(29)40-36(31)35(30)39/h1-21H. The summed E-state index contributed by atoms with van der Waals surface area (Å²) in [4.78, 5) is 4.49. The van der Waals surface area contributed by atoms with Crippen LogP contribution in [0.2, 0.25) is 0 Å². The number of hydrogen-bond donors (Lipinski definition) is 0. The minimum atomic E-state index is 0.563. The van der Waals surface area contributed by atoms with E-state index in [0.717, 1.165) is 60.7 Å². The van der Waals surface area contributed by atoms with Crippen molar-refractivity contribution in [3.63, 3.8) is 0 Å². The number of rotatable bonds is 3. The second-order valence-corrected chi connectivity index (χ2v) is 9.93. The van der Waals surface area contributed by atoms with Crippen LogP contribution in [-0.2, 0) is 0 Å². The number of pyridine rings is 1. The molecule has 0 radical (unpaired) electrons. The van der Waals surface area contributed by atoms with Gasteiger partial charge < -0.3 is 8.98 Å². The van der Waals surface area contributed by atoms with Gasteiger partial charge in [-0.2, -0.15) is 5.26 Å². The number of fused-ring (bicyclic) bond motifs is 7. The van der Waals surface area contributed by atoms with Crippen molar-refractivity contribution in [3.05, 3.63) is 133 Å². The van der Waals surface area contributed by atoms with Crippen LogP contribution >= 0.6 is 0 Å². The van der Waals surface area contributed by atoms with Crippen LogP contribution in [0, 0.1) is 11.3 Å². The quantitative estimate of drug-likeness (QED) is 0.237. The number of furan rings is 1. The van der Waals surface area contributed by atoms with Crippen molar-refractivity contribution in [2.45, 2.75) is 0 Å². The Balaban J connectivity index is 1.37. The third-order valence-electron chi connectivity index (χ3n) is 7.68. The van der Waals surface area contributed by atoms with Crippen molar-refractivity contribution < 1.29 is 4.42 Å². The van der Waals surface area contributed by atoms with Crippen LogP contribution in [0.25, 0.3) is 71.8 Å². The van der Waals surface area contributed by atoms with Gasteiger partial charge in [0.2, 0.25) is 0 Å². The summed E-state index contributed by atoms with van der Waals surface area (Å²) in [6, 6.07) is 43.8. The normalized spacial score (nSPS) is 11.5.